The second kappa shape index (κ2) is 10.7. The van der Waals surface area contributed by atoms with Crippen molar-refractivity contribution in [2.24, 2.45) is 0 Å². The molecule has 2 fully saturated rings. The maximum absolute atomic E-state index is 14.1. The molecule has 1 aromatic carbocycles. The van der Waals surface area contributed by atoms with E-state index in [4.69, 9.17) is 4.98 Å². The third-order valence-electron chi connectivity index (χ3n) is 7.99. The van der Waals surface area contributed by atoms with Crippen LogP contribution in [0.5, 0.6) is 0 Å². The largest absolute Gasteiger partial charge is 0.393 e. The van der Waals surface area contributed by atoms with Crippen molar-refractivity contribution in [1.29, 1.82) is 0 Å². The number of hydrogen-bond donors (Lipinski definition) is 2. The van der Waals surface area contributed by atoms with E-state index in [9.17, 15) is 9.90 Å². The third kappa shape index (κ3) is 4.93. The van der Waals surface area contributed by atoms with Crippen LogP contribution in [0.2, 0.25) is 0 Å². The summed E-state index contributed by atoms with van der Waals surface area (Å²) in [5, 5.41) is 16.0. The second-order valence-electron chi connectivity index (χ2n) is 10.7. The van der Waals surface area contributed by atoms with Gasteiger partial charge in [-0.1, -0.05) is 19.4 Å². The number of benzene rings is 1. The summed E-state index contributed by atoms with van der Waals surface area (Å²) in [6, 6.07) is 6.87. The minimum atomic E-state index is -0.277. The van der Waals surface area contributed by atoms with Gasteiger partial charge in [0.15, 0.2) is 0 Å². The van der Waals surface area contributed by atoms with Crippen LogP contribution in [-0.4, -0.2) is 69.4 Å². The Morgan fingerprint density at radius 2 is 1.81 bits per heavy atom. The molecular formula is C28H40N6O2. The van der Waals surface area contributed by atoms with E-state index in [2.05, 4.69) is 59.1 Å². The summed E-state index contributed by atoms with van der Waals surface area (Å²) in [7, 11) is 0. The number of rotatable bonds is 7. The lowest BCUT2D eigenvalue weighted by Crippen LogP contribution is -2.48. The van der Waals surface area contributed by atoms with E-state index >= 15 is 0 Å². The summed E-state index contributed by atoms with van der Waals surface area (Å²) < 4.78 is 1.90. The summed E-state index contributed by atoms with van der Waals surface area (Å²) in [5.41, 5.74) is 1.81. The van der Waals surface area contributed by atoms with Crippen LogP contribution in [-0.2, 0) is 0 Å². The van der Waals surface area contributed by atoms with Crippen LogP contribution < -0.4 is 15.8 Å². The molecular weight excluding hydrogens is 452 g/mol. The first-order chi connectivity index (χ1) is 17.5. The van der Waals surface area contributed by atoms with Gasteiger partial charge >= 0.3 is 0 Å². The highest BCUT2D eigenvalue weighted by atomic mass is 16.3. The Balaban J connectivity index is 1.58. The van der Waals surface area contributed by atoms with E-state index in [1.165, 1.54) is 0 Å². The number of unbranched alkanes of at least 4 members (excludes halogenated alkanes) is 1. The molecule has 0 amide bonds. The zero-order valence-corrected chi connectivity index (χ0v) is 21.9. The Morgan fingerprint density at radius 1 is 1.06 bits per heavy atom. The molecule has 8 heteroatoms. The highest BCUT2D eigenvalue weighted by molar-refractivity contribution is 6.05. The summed E-state index contributed by atoms with van der Waals surface area (Å²) in [6.07, 6.45) is 6.71. The third-order valence-corrected chi connectivity index (χ3v) is 7.99. The smallest absolute Gasteiger partial charge is 0.260 e. The molecule has 3 aromatic rings. The quantitative estimate of drug-likeness (QED) is 0.378. The summed E-state index contributed by atoms with van der Waals surface area (Å²) in [6.45, 7) is 11.4. The zero-order chi connectivity index (χ0) is 25.2. The van der Waals surface area contributed by atoms with Crippen LogP contribution >= 0.6 is 0 Å². The van der Waals surface area contributed by atoms with Gasteiger partial charge < -0.3 is 15.3 Å². The molecule has 0 bridgehead atoms. The van der Waals surface area contributed by atoms with Gasteiger partial charge in [-0.3, -0.25) is 14.3 Å². The van der Waals surface area contributed by atoms with Gasteiger partial charge in [-0.05, 0) is 63.5 Å². The topological polar surface area (TPSA) is 86.5 Å². The zero-order valence-electron chi connectivity index (χ0n) is 21.9. The Morgan fingerprint density at radius 3 is 2.50 bits per heavy atom. The van der Waals surface area contributed by atoms with Crippen LogP contribution in [0.3, 0.4) is 0 Å². The van der Waals surface area contributed by atoms with Crippen molar-refractivity contribution in [3.63, 3.8) is 0 Å². The fraction of sp³-hybridized carbons (Fsp3) is 0.607. The lowest BCUT2D eigenvalue weighted by molar-refractivity contribution is 0.111. The van der Waals surface area contributed by atoms with Gasteiger partial charge in [-0.25, -0.2) is 4.98 Å². The molecule has 1 saturated heterocycles. The Labute approximate surface area is 213 Å². The van der Waals surface area contributed by atoms with Gasteiger partial charge in [0, 0.05) is 62.1 Å². The molecule has 0 spiro atoms. The van der Waals surface area contributed by atoms with Crippen molar-refractivity contribution in [3.8, 4) is 0 Å². The molecule has 3 heterocycles. The first kappa shape index (κ1) is 25.0. The predicted molar refractivity (Wildman–Crippen MR) is 147 cm³/mol. The maximum Gasteiger partial charge on any atom is 0.260 e. The van der Waals surface area contributed by atoms with E-state index in [1.54, 1.807) is 0 Å². The van der Waals surface area contributed by atoms with Crippen molar-refractivity contribution >= 4 is 33.4 Å². The fourth-order valence-electron chi connectivity index (χ4n) is 5.73. The number of aliphatic hydroxyl groups is 1. The molecule has 8 nitrogen and oxygen atoms in total. The van der Waals surface area contributed by atoms with Crippen LogP contribution in [0.1, 0.15) is 65.3 Å². The van der Waals surface area contributed by atoms with Gasteiger partial charge in [0.05, 0.1) is 11.5 Å². The van der Waals surface area contributed by atoms with Gasteiger partial charge in [0.1, 0.15) is 5.65 Å². The van der Waals surface area contributed by atoms with E-state index in [-0.39, 0.29) is 17.7 Å². The van der Waals surface area contributed by atoms with Crippen LogP contribution in [0.25, 0.3) is 21.8 Å². The van der Waals surface area contributed by atoms with Crippen molar-refractivity contribution in [1.82, 2.24) is 19.4 Å². The Kier molecular flexibility index (Phi) is 7.44. The number of piperazine rings is 1. The average Bonchev–Trinajstić information content (AvgIpc) is 2.90. The molecule has 0 atom stereocenters. The molecule has 1 aliphatic carbocycles. The Hall–Kier alpha value is -2.71. The normalized spacial score (nSPS) is 21.5. The van der Waals surface area contributed by atoms with E-state index in [1.807, 2.05) is 10.8 Å². The SMILES string of the molecule is CCCCNc1ncc2c3ccc(N4CCN(C(C)C)CC4)cc3c(=O)n([C@H]3CC[C@H](O)CC3)c2n1. The molecule has 1 aliphatic heterocycles. The van der Waals surface area contributed by atoms with Crippen molar-refractivity contribution in [2.45, 2.75) is 77.5 Å². The molecule has 2 aliphatic rings. The summed E-state index contributed by atoms with van der Waals surface area (Å²) >= 11 is 0. The van der Waals surface area contributed by atoms with Gasteiger partial charge in [0.25, 0.3) is 5.56 Å². The van der Waals surface area contributed by atoms with Crippen molar-refractivity contribution in [2.75, 3.05) is 42.9 Å². The number of hydrogen-bond acceptors (Lipinski definition) is 7. The monoisotopic (exact) mass is 492 g/mol. The van der Waals surface area contributed by atoms with Gasteiger partial charge in [-0.15, -0.1) is 0 Å². The van der Waals surface area contributed by atoms with Crippen molar-refractivity contribution < 1.29 is 5.11 Å². The lowest BCUT2D eigenvalue weighted by Gasteiger charge is -2.38. The van der Waals surface area contributed by atoms with E-state index in [0.29, 0.717) is 30.5 Å². The molecule has 2 N–H and O–H groups in total. The number of anilines is 2. The Bertz CT molecular complexity index is 1260. The standard InChI is InChI=1S/C28H40N6O2/c1-4-5-12-29-28-30-18-25-23-11-8-21(33-15-13-32(14-16-33)19(2)3)17-24(23)27(36)34(26(25)31-28)20-6-9-22(35)10-7-20/h8,11,17-20,22,35H,4-7,9-10,12-16H2,1-3H3,(H,29,30,31)/t20-,22-. The predicted octanol–water partition coefficient (Wildman–Crippen LogP) is 4.16. The summed E-state index contributed by atoms with van der Waals surface area (Å²) in [5.74, 6) is 0.568. The van der Waals surface area contributed by atoms with Gasteiger partial charge in [0.2, 0.25) is 5.95 Å². The molecule has 36 heavy (non-hydrogen) atoms. The van der Waals surface area contributed by atoms with E-state index in [0.717, 1.165) is 80.3 Å². The van der Waals surface area contributed by atoms with Crippen LogP contribution in [0.4, 0.5) is 11.6 Å². The lowest BCUT2D eigenvalue weighted by atomic mass is 9.92. The number of fused-ring (bicyclic) bond motifs is 3. The number of aromatic nitrogens is 3. The maximum atomic E-state index is 14.1. The average molecular weight is 493 g/mol. The highest BCUT2D eigenvalue weighted by Crippen LogP contribution is 2.33. The number of pyridine rings is 1. The van der Waals surface area contributed by atoms with E-state index < -0.39 is 0 Å². The number of nitrogens with one attached hydrogen (secondary N) is 1. The van der Waals surface area contributed by atoms with Crippen LogP contribution in [0.15, 0.2) is 29.2 Å². The molecule has 0 unspecified atom stereocenters. The highest BCUT2D eigenvalue weighted by Gasteiger charge is 2.26. The molecule has 2 aromatic heterocycles. The minimum Gasteiger partial charge on any atom is -0.393 e. The van der Waals surface area contributed by atoms with Gasteiger partial charge in [-0.2, -0.15) is 4.98 Å². The minimum absolute atomic E-state index is 0.0137. The first-order valence-electron chi connectivity index (χ1n) is 13.7. The molecule has 194 valence electrons. The number of aliphatic hydroxyl groups excluding tert-OH is 1. The second-order valence-corrected chi connectivity index (χ2v) is 10.7. The molecule has 5 rings (SSSR count). The summed E-state index contributed by atoms with van der Waals surface area (Å²) in [4.78, 5) is 28.4. The first-order valence-corrected chi connectivity index (χ1v) is 13.7. The molecule has 1 saturated carbocycles. The van der Waals surface area contributed by atoms with Crippen molar-refractivity contribution in [3.05, 3.63) is 34.7 Å². The van der Waals surface area contributed by atoms with Crippen LogP contribution in [0, 0.1) is 0 Å². The fourth-order valence-corrected chi connectivity index (χ4v) is 5.73. The number of nitrogens with zero attached hydrogens (tertiary/aromatic N) is 5. The molecule has 0 radical (unpaired) electrons.